The third-order valence-electron chi connectivity index (χ3n) is 3.19. The normalized spacial score (nSPS) is 19.0. The van der Waals surface area contributed by atoms with Crippen molar-refractivity contribution in [2.45, 2.75) is 12.8 Å². The van der Waals surface area contributed by atoms with Gasteiger partial charge in [0.2, 0.25) is 0 Å². The van der Waals surface area contributed by atoms with Crippen LogP contribution in [-0.2, 0) is 4.74 Å². The smallest absolute Gasteiger partial charge is 0.358 e. The van der Waals surface area contributed by atoms with Crippen LogP contribution in [0.4, 0.5) is 5.82 Å². The van der Waals surface area contributed by atoms with E-state index in [0.29, 0.717) is 5.92 Å². The van der Waals surface area contributed by atoms with Crippen molar-refractivity contribution < 1.29 is 14.6 Å². The van der Waals surface area contributed by atoms with Gasteiger partial charge in [0, 0.05) is 19.7 Å². The summed E-state index contributed by atoms with van der Waals surface area (Å²) in [7, 11) is 1.32. The molecule has 6 nitrogen and oxygen atoms in total. The fraction of sp³-hybridized carbons (Fsp3) is 0.583. The molecular formula is C12H17N3O3. The second-order valence-electron chi connectivity index (χ2n) is 4.38. The van der Waals surface area contributed by atoms with E-state index in [2.05, 4.69) is 19.8 Å². The first-order valence-corrected chi connectivity index (χ1v) is 6.02. The van der Waals surface area contributed by atoms with Crippen molar-refractivity contribution in [3.63, 3.8) is 0 Å². The minimum atomic E-state index is -0.478. The molecular weight excluding hydrogens is 234 g/mol. The molecule has 0 aliphatic carbocycles. The van der Waals surface area contributed by atoms with Crippen molar-refractivity contribution in [2.24, 2.45) is 5.92 Å². The predicted molar refractivity (Wildman–Crippen MR) is 65.4 cm³/mol. The first kappa shape index (κ1) is 12.8. The molecule has 2 rings (SSSR count). The standard InChI is InChI=1S/C12H17N3O3/c1-18-12(17)10-2-3-11(14-13-10)15-6-4-9(8-15)5-7-16/h2-3,9,16H,4-8H2,1H3. The van der Waals surface area contributed by atoms with Gasteiger partial charge in [0.25, 0.3) is 0 Å². The van der Waals surface area contributed by atoms with Crippen LogP contribution < -0.4 is 4.90 Å². The summed E-state index contributed by atoms with van der Waals surface area (Å²) >= 11 is 0. The van der Waals surface area contributed by atoms with E-state index in [9.17, 15) is 4.79 Å². The van der Waals surface area contributed by atoms with Crippen LogP contribution in [0.15, 0.2) is 12.1 Å². The fourth-order valence-corrected chi connectivity index (χ4v) is 2.17. The molecule has 0 amide bonds. The number of methoxy groups -OCH3 is 1. The highest BCUT2D eigenvalue weighted by molar-refractivity contribution is 5.86. The van der Waals surface area contributed by atoms with Crippen LogP contribution in [0.5, 0.6) is 0 Å². The molecule has 0 radical (unpaired) electrons. The van der Waals surface area contributed by atoms with Gasteiger partial charge in [-0.3, -0.25) is 0 Å². The fourth-order valence-electron chi connectivity index (χ4n) is 2.17. The number of hydrogen-bond donors (Lipinski definition) is 1. The lowest BCUT2D eigenvalue weighted by Crippen LogP contribution is -2.22. The van der Waals surface area contributed by atoms with Crippen LogP contribution >= 0.6 is 0 Å². The number of hydrogen-bond acceptors (Lipinski definition) is 6. The minimum Gasteiger partial charge on any atom is -0.464 e. The molecule has 0 aromatic carbocycles. The molecule has 1 unspecified atom stereocenters. The Hall–Kier alpha value is -1.69. The summed E-state index contributed by atoms with van der Waals surface area (Å²) in [6.45, 7) is 2.02. The molecule has 1 atom stereocenters. The molecule has 1 N–H and O–H groups in total. The Balaban J connectivity index is 2.00. The van der Waals surface area contributed by atoms with E-state index in [1.807, 2.05) is 0 Å². The Labute approximate surface area is 106 Å². The average Bonchev–Trinajstić information content (AvgIpc) is 2.87. The molecule has 1 aliphatic rings. The van der Waals surface area contributed by atoms with Crippen LogP contribution in [0, 0.1) is 5.92 Å². The first-order valence-electron chi connectivity index (χ1n) is 6.02. The van der Waals surface area contributed by atoms with E-state index in [1.165, 1.54) is 7.11 Å². The highest BCUT2D eigenvalue weighted by Gasteiger charge is 2.23. The lowest BCUT2D eigenvalue weighted by molar-refractivity contribution is 0.0592. The van der Waals surface area contributed by atoms with Crippen molar-refractivity contribution >= 4 is 11.8 Å². The van der Waals surface area contributed by atoms with Gasteiger partial charge in [-0.1, -0.05) is 0 Å². The molecule has 1 aromatic heterocycles. The average molecular weight is 251 g/mol. The summed E-state index contributed by atoms with van der Waals surface area (Å²) in [6.07, 6.45) is 1.88. The lowest BCUT2D eigenvalue weighted by atomic mass is 10.1. The summed E-state index contributed by atoms with van der Waals surface area (Å²) in [6, 6.07) is 3.40. The van der Waals surface area contributed by atoms with Crippen molar-refractivity contribution in [1.82, 2.24) is 10.2 Å². The molecule has 1 saturated heterocycles. The Morgan fingerprint density at radius 1 is 1.56 bits per heavy atom. The SMILES string of the molecule is COC(=O)c1ccc(N2CCC(CCO)C2)nn1. The van der Waals surface area contributed by atoms with Crippen molar-refractivity contribution in [3.05, 3.63) is 17.8 Å². The second kappa shape index (κ2) is 5.77. The van der Waals surface area contributed by atoms with E-state index in [-0.39, 0.29) is 12.3 Å². The number of rotatable bonds is 4. The third kappa shape index (κ3) is 2.76. The van der Waals surface area contributed by atoms with Gasteiger partial charge in [0.05, 0.1) is 7.11 Å². The quantitative estimate of drug-likeness (QED) is 0.784. The Bertz CT molecular complexity index is 408. The summed E-state index contributed by atoms with van der Waals surface area (Å²) in [5.74, 6) is 0.800. The number of anilines is 1. The van der Waals surface area contributed by atoms with Gasteiger partial charge in [0.1, 0.15) is 0 Å². The molecule has 0 saturated carbocycles. The summed E-state index contributed by atoms with van der Waals surface area (Å²) < 4.78 is 4.57. The van der Waals surface area contributed by atoms with Crippen molar-refractivity contribution in [3.8, 4) is 0 Å². The largest absolute Gasteiger partial charge is 0.464 e. The molecule has 0 spiro atoms. The molecule has 1 fully saturated rings. The molecule has 1 aromatic rings. The first-order chi connectivity index (χ1) is 8.74. The zero-order valence-electron chi connectivity index (χ0n) is 10.4. The van der Waals surface area contributed by atoms with Crippen molar-refractivity contribution in [2.75, 3.05) is 31.7 Å². The zero-order chi connectivity index (χ0) is 13.0. The van der Waals surface area contributed by atoms with Gasteiger partial charge in [-0.15, -0.1) is 10.2 Å². The van der Waals surface area contributed by atoms with Crippen molar-refractivity contribution in [1.29, 1.82) is 0 Å². The van der Waals surface area contributed by atoms with Gasteiger partial charge in [-0.05, 0) is 30.9 Å². The molecule has 6 heteroatoms. The second-order valence-corrected chi connectivity index (χ2v) is 4.38. The monoisotopic (exact) mass is 251 g/mol. The summed E-state index contributed by atoms with van der Waals surface area (Å²) in [5, 5.41) is 16.8. The zero-order valence-corrected chi connectivity index (χ0v) is 10.4. The van der Waals surface area contributed by atoms with Gasteiger partial charge in [-0.25, -0.2) is 4.79 Å². The maximum atomic E-state index is 11.2. The van der Waals surface area contributed by atoms with Crippen LogP contribution in [0.3, 0.4) is 0 Å². The van der Waals surface area contributed by atoms with E-state index < -0.39 is 5.97 Å². The van der Waals surface area contributed by atoms with Gasteiger partial charge in [0.15, 0.2) is 11.5 Å². The molecule has 1 aliphatic heterocycles. The van der Waals surface area contributed by atoms with E-state index in [1.54, 1.807) is 12.1 Å². The lowest BCUT2D eigenvalue weighted by Gasteiger charge is -2.16. The van der Waals surface area contributed by atoms with Crippen LogP contribution in [-0.4, -0.2) is 48.1 Å². The molecule has 2 heterocycles. The third-order valence-corrected chi connectivity index (χ3v) is 3.19. The van der Waals surface area contributed by atoms with Gasteiger partial charge < -0.3 is 14.7 Å². The molecule has 18 heavy (non-hydrogen) atoms. The number of carbonyl (C=O) groups is 1. The van der Waals surface area contributed by atoms with E-state index in [4.69, 9.17) is 5.11 Å². The maximum Gasteiger partial charge on any atom is 0.358 e. The Morgan fingerprint density at radius 2 is 2.39 bits per heavy atom. The highest BCUT2D eigenvalue weighted by atomic mass is 16.5. The van der Waals surface area contributed by atoms with Crippen LogP contribution in [0.2, 0.25) is 0 Å². The number of esters is 1. The number of ether oxygens (including phenoxy) is 1. The van der Waals surface area contributed by atoms with E-state index in [0.717, 1.165) is 31.7 Å². The van der Waals surface area contributed by atoms with Gasteiger partial charge >= 0.3 is 5.97 Å². The Morgan fingerprint density at radius 3 is 3.00 bits per heavy atom. The summed E-state index contributed by atoms with van der Waals surface area (Å²) in [5.41, 5.74) is 0.215. The number of aromatic nitrogens is 2. The Kier molecular flexibility index (Phi) is 4.09. The molecule has 98 valence electrons. The molecule has 0 bridgehead atoms. The van der Waals surface area contributed by atoms with Crippen LogP contribution in [0.1, 0.15) is 23.3 Å². The number of aliphatic hydroxyl groups excluding tert-OH is 1. The number of nitrogens with zero attached hydrogens (tertiary/aromatic N) is 3. The minimum absolute atomic E-state index is 0.215. The topological polar surface area (TPSA) is 75.5 Å². The summed E-state index contributed by atoms with van der Waals surface area (Å²) in [4.78, 5) is 13.3. The van der Waals surface area contributed by atoms with E-state index >= 15 is 0 Å². The maximum absolute atomic E-state index is 11.2. The van der Waals surface area contributed by atoms with Gasteiger partial charge in [-0.2, -0.15) is 0 Å². The number of carbonyl (C=O) groups excluding carboxylic acids is 1. The predicted octanol–water partition coefficient (Wildman–Crippen LogP) is 0.472. The highest BCUT2D eigenvalue weighted by Crippen LogP contribution is 2.23. The van der Waals surface area contributed by atoms with Crippen LogP contribution in [0.25, 0.3) is 0 Å². The number of aliphatic hydroxyl groups is 1.